The molecule has 20 heavy (non-hydrogen) atoms. The Labute approximate surface area is 120 Å². The Kier molecular flexibility index (Phi) is 4.95. The quantitative estimate of drug-likeness (QED) is 0.582. The third kappa shape index (κ3) is 3.70. The fourth-order valence-corrected chi connectivity index (χ4v) is 2.86. The Morgan fingerprint density at radius 2 is 2.05 bits per heavy atom. The number of amides is 1. The highest BCUT2D eigenvalue weighted by atomic mass is 16.1. The minimum absolute atomic E-state index is 0.0352. The lowest BCUT2D eigenvalue weighted by Crippen LogP contribution is -2.37. The number of nitrogens with two attached hydrogens (primary N) is 1. The van der Waals surface area contributed by atoms with E-state index in [1.54, 1.807) is 12.1 Å². The van der Waals surface area contributed by atoms with Gasteiger partial charge in [-0.25, -0.2) is 10.8 Å². The number of aryl methyl sites for hydroxylation is 1. The van der Waals surface area contributed by atoms with Crippen LogP contribution in [-0.2, 0) is 0 Å². The maximum atomic E-state index is 12.3. The third-order valence-electron chi connectivity index (χ3n) is 4.12. The molecule has 1 aromatic rings. The maximum absolute atomic E-state index is 12.3. The highest BCUT2D eigenvalue weighted by Crippen LogP contribution is 2.26. The largest absolute Gasteiger partial charge is 0.349 e. The molecule has 0 aliphatic heterocycles. The van der Waals surface area contributed by atoms with Crippen molar-refractivity contribution in [3.05, 3.63) is 23.4 Å². The number of nitrogens with zero attached hydrogens (tertiary/aromatic N) is 1. The van der Waals surface area contributed by atoms with E-state index in [4.69, 9.17) is 5.84 Å². The van der Waals surface area contributed by atoms with Gasteiger partial charge in [-0.2, -0.15) is 0 Å². The highest BCUT2D eigenvalue weighted by Gasteiger charge is 2.21. The van der Waals surface area contributed by atoms with Gasteiger partial charge in [-0.15, -0.1) is 0 Å². The van der Waals surface area contributed by atoms with Gasteiger partial charge in [0.05, 0.1) is 0 Å². The van der Waals surface area contributed by atoms with Gasteiger partial charge in [-0.05, 0) is 50.7 Å². The van der Waals surface area contributed by atoms with E-state index in [9.17, 15) is 4.79 Å². The second-order valence-electron chi connectivity index (χ2n) is 5.63. The van der Waals surface area contributed by atoms with Crippen molar-refractivity contribution < 1.29 is 4.79 Å². The van der Waals surface area contributed by atoms with Crippen molar-refractivity contribution in [2.75, 3.05) is 5.43 Å². The molecule has 0 aromatic carbocycles. The first-order chi connectivity index (χ1) is 9.62. The van der Waals surface area contributed by atoms with E-state index < -0.39 is 0 Å². The first kappa shape index (κ1) is 14.8. The summed E-state index contributed by atoms with van der Waals surface area (Å²) in [5.41, 5.74) is 3.88. The standard InChI is InChI=1S/C15H24N4O/c1-3-11-4-6-13(7-5-11)18-15(20)12-8-10(2)17-14(9-12)19-16/h8-9,11,13H,3-7,16H2,1-2H3,(H,17,19)(H,18,20). The third-order valence-corrected chi connectivity index (χ3v) is 4.12. The minimum atomic E-state index is -0.0352. The molecule has 2 rings (SSSR count). The Balaban J connectivity index is 1.97. The number of hydrogen-bond donors (Lipinski definition) is 3. The summed E-state index contributed by atoms with van der Waals surface area (Å²) in [5.74, 6) is 6.67. The molecule has 0 atom stereocenters. The van der Waals surface area contributed by atoms with Crippen LogP contribution >= 0.6 is 0 Å². The first-order valence-electron chi connectivity index (χ1n) is 7.38. The highest BCUT2D eigenvalue weighted by molar-refractivity contribution is 5.95. The fraction of sp³-hybridized carbons (Fsp3) is 0.600. The number of carbonyl (C=O) groups excluding carboxylic acids is 1. The van der Waals surface area contributed by atoms with Crippen LogP contribution in [0.4, 0.5) is 5.82 Å². The zero-order valence-corrected chi connectivity index (χ0v) is 12.3. The molecule has 0 bridgehead atoms. The molecule has 0 spiro atoms. The van der Waals surface area contributed by atoms with Crippen LogP contribution in [0, 0.1) is 12.8 Å². The van der Waals surface area contributed by atoms with Crippen molar-refractivity contribution in [1.82, 2.24) is 10.3 Å². The first-order valence-corrected chi connectivity index (χ1v) is 7.38. The van der Waals surface area contributed by atoms with Crippen LogP contribution in [0.25, 0.3) is 0 Å². The molecule has 0 radical (unpaired) electrons. The molecule has 1 aliphatic carbocycles. The van der Waals surface area contributed by atoms with E-state index in [1.807, 2.05) is 6.92 Å². The summed E-state index contributed by atoms with van der Waals surface area (Å²) in [7, 11) is 0. The number of anilines is 1. The summed E-state index contributed by atoms with van der Waals surface area (Å²) < 4.78 is 0. The molecule has 1 amide bonds. The summed E-state index contributed by atoms with van der Waals surface area (Å²) in [5, 5.41) is 3.12. The fourth-order valence-electron chi connectivity index (χ4n) is 2.86. The summed E-state index contributed by atoms with van der Waals surface area (Å²) in [6.45, 7) is 4.09. The molecule has 1 fully saturated rings. The number of nitrogen functional groups attached to an aromatic ring is 1. The van der Waals surface area contributed by atoms with Gasteiger partial charge in [-0.3, -0.25) is 4.79 Å². The molecule has 1 aromatic heterocycles. The van der Waals surface area contributed by atoms with Gasteiger partial charge < -0.3 is 10.7 Å². The molecule has 0 unspecified atom stereocenters. The topological polar surface area (TPSA) is 80.0 Å². The van der Waals surface area contributed by atoms with E-state index in [2.05, 4.69) is 22.7 Å². The number of nitrogens with one attached hydrogen (secondary N) is 2. The number of hydrogen-bond acceptors (Lipinski definition) is 4. The monoisotopic (exact) mass is 276 g/mol. The maximum Gasteiger partial charge on any atom is 0.251 e. The van der Waals surface area contributed by atoms with Gasteiger partial charge in [0.2, 0.25) is 0 Å². The molecular weight excluding hydrogens is 252 g/mol. The van der Waals surface area contributed by atoms with Gasteiger partial charge in [0.25, 0.3) is 5.91 Å². The lowest BCUT2D eigenvalue weighted by molar-refractivity contribution is 0.0921. The zero-order valence-electron chi connectivity index (χ0n) is 12.3. The minimum Gasteiger partial charge on any atom is -0.349 e. The van der Waals surface area contributed by atoms with Gasteiger partial charge in [-0.1, -0.05) is 13.3 Å². The molecule has 1 aliphatic rings. The van der Waals surface area contributed by atoms with Crippen molar-refractivity contribution in [3.63, 3.8) is 0 Å². The molecule has 4 N–H and O–H groups in total. The molecule has 5 heteroatoms. The van der Waals surface area contributed by atoms with Crippen LogP contribution in [0.2, 0.25) is 0 Å². The van der Waals surface area contributed by atoms with E-state index in [-0.39, 0.29) is 5.91 Å². The summed E-state index contributed by atoms with van der Waals surface area (Å²) in [4.78, 5) is 16.5. The normalized spacial score (nSPS) is 22.4. The lowest BCUT2D eigenvalue weighted by atomic mass is 9.84. The summed E-state index contributed by atoms with van der Waals surface area (Å²) >= 11 is 0. The average Bonchev–Trinajstić information content (AvgIpc) is 2.47. The van der Waals surface area contributed by atoms with E-state index in [0.717, 1.165) is 24.5 Å². The molecule has 110 valence electrons. The average molecular weight is 276 g/mol. The van der Waals surface area contributed by atoms with Crippen LogP contribution in [-0.4, -0.2) is 16.9 Å². The van der Waals surface area contributed by atoms with Crippen LogP contribution < -0.4 is 16.6 Å². The van der Waals surface area contributed by atoms with E-state index >= 15 is 0 Å². The smallest absolute Gasteiger partial charge is 0.251 e. The Hall–Kier alpha value is -1.62. The predicted octanol–water partition coefficient (Wildman–Crippen LogP) is 2.37. The van der Waals surface area contributed by atoms with Gasteiger partial charge in [0.1, 0.15) is 5.82 Å². The van der Waals surface area contributed by atoms with Crippen molar-refractivity contribution in [3.8, 4) is 0 Å². The molecule has 5 nitrogen and oxygen atoms in total. The Morgan fingerprint density at radius 1 is 1.35 bits per heavy atom. The van der Waals surface area contributed by atoms with Crippen LogP contribution in [0.15, 0.2) is 12.1 Å². The molecule has 1 heterocycles. The Bertz CT molecular complexity index is 467. The van der Waals surface area contributed by atoms with Crippen molar-refractivity contribution in [2.45, 2.75) is 52.0 Å². The van der Waals surface area contributed by atoms with Gasteiger partial charge in [0.15, 0.2) is 0 Å². The van der Waals surface area contributed by atoms with E-state index in [1.165, 1.54) is 19.3 Å². The molecular formula is C15H24N4O. The summed E-state index contributed by atoms with van der Waals surface area (Å²) in [6.07, 6.45) is 5.83. The second kappa shape index (κ2) is 6.70. The number of pyridine rings is 1. The number of rotatable bonds is 4. The van der Waals surface area contributed by atoms with Crippen molar-refractivity contribution in [1.29, 1.82) is 0 Å². The zero-order chi connectivity index (χ0) is 14.5. The van der Waals surface area contributed by atoms with Crippen molar-refractivity contribution >= 4 is 11.7 Å². The van der Waals surface area contributed by atoms with Gasteiger partial charge in [0, 0.05) is 17.3 Å². The molecule has 0 saturated heterocycles. The lowest BCUT2D eigenvalue weighted by Gasteiger charge is -2.28. The van der Waals surface area contributed by atoms with Crippen LogP contribution in [0.5, 0.6) is 0 Å². The SMILES string of the molecule is CCC1CCC(NC(=O)c2cc(C)nc(NN)c2)CC1. The predicted molar refractivity (Wildman–Crippen MR) is 80.3 cm³/mol. The number of aromatic nitrogens is 1. The second-order valence-corrected chi connectivity index (χ2v) is 5.63. The van der Waals surface area contributed by atoms with Crippen LogP contribution in [0.3, 0.4) is 0 Å². The molecule has 1 saturated carbocycles. The van der Waals surface area contributed by atoms with Gasteiger partial charge >= 0.3 is 0 Å². The van der Waals surface area contributed by atoms with Crippen LogP contribution in [0.1, 0.15) is 55.1 Å². The van der Waals surface area contributed by atoms with Crippen molar-refractivity contribution in [2.24, 2.45) is 11.8 Å². The van der Waals surface area contributed by atoms with E-state index in [0.29, 0.717) is 17.4 Å². The number of hydrazine groups is 1. The number of carbonyl (C=O) groups is 1. The summed E-state index contributed by atoms with van der Waals surface area (Å²) in [6, 6.07) is 3.77. The Morgan fingerprint density at radius 3 is 2.65 bits per heavy atom.